The fourth-order valence-corrected chi connectivity index (χ4v) is 3.27. The summed E-state index contributed by atoms with van der Waals surface area (Å²) in [6.45, 7) is 3.65. The van der Waals surface area contributed by atoms with Crippen molar-refractivity contribution in [3.05, 3.63) is 46.2 Å². The van der Waals surface area contributed by atoms with Gasteiger partial charge in [0.1, 0.15) is 0 Å². The maximum atomic E-state index is 12.8. The fourth-order valence-electron chi connectivity index (χ4n) is 2.46. The van der Waals surface area contributed by atoms with Crippen LogP contribution in [0.25, 0.3) is 5.95 Å². The Morgan fingerprint density at radius 3 is 2.62 bits per heavy atom. The lowest BCUT2D eigenvalue weighted by Gasteiger charge is -2.11. The number of hydrogen-bond donors (Lipinski definition) is 2. The normalized spacial score (nSPS) is 11.7. The van der Waals surface area contributed by atoms with Gasteiger partial charge in [-0.3, -0.25) is 4.79 Å². The summed E-state index contributed by atoms with van der Waals surface area (Å²) in [5.41, 5.74) is 0.526. The van der Waals surface area contributed by atoms with Crippen molar-refractivity contribution < 1.29 is 18.0 Å². The molecule has 0 fully saturated rings. The smallest absolute Gasteiger partial charge is 0.334 e. The molecule has 2 heterocycles. The van der Waals surface area contributed by atoms with Crippen LogP contribution < -0.4 is 11.2 Å². The topological polar surface area (TPSA) is 104 Å². The Morgan fingerprint density at radius 1 is 1.28 bits per heavy atom. The molecule has 1 aromatic carbocycles. The molecule has 154 valence electrons. The van der Waals surface area contributed by atoms with Crippen LogP contribution in [0.2, 0.25) is 5.02 Å². The number of amides is 1. The quantitative estimate of drug-likeness (QED) is 0.461. The van der Waals surface area contributed by atoms with Crippen molar-refractivity contribution >= 4 is 35.0 Å². The SMILES string of the molecule is Cc1cc(C)n(-c2nnc(SCC(=O)Nc3cc(C(F)(F)F)ccc3Cl)n2N)n1. The molecular weight excluding hydrogens is 431 g/mol. The number of nitrogens with one attached hydrogen (secondary N) is 1. The highest BCUT2D eigenvalue weighted by molar-refractivity contribution is 7.99. The highest BCUT2D eigenvalue weighted by Crippen LogP contribution is 2.34. The number of alkyl halides is 3. The largest absolute Gasteiger partial charge is 0.416 e. The number of nitrogens with zero attached hydrogens (tertiary/aromatic N) is 5. The first-order chi connectivity index (χ1) is 13.6. The van der Waals surface area contributed by atoms with E-state index in [-0.39, 0.29) is 27.6 Å². The van der Waals surface area contributed by atoms with Gasteiger partial charge in [0.2, 0.25) is 11.1 Å². The lowest BCUT2D eigenvalue weighted by molar-refractivity contribution is -0.137. The summed E-state index contributed by atoms with van der Waals surface area (Å²) in [5.74, 6) is 5.50. The zero-order chi connectivity index (χ0) is 21.3. The van der Waals surface area contributed by atoms with Crippen molar-refractivity contribution in [1.82, 2.24) is 24.7 Å². The third-order valence-corrected chi connectivity index (χ3v) is 5.02. The van der Waals surface area contributed by atoms with Crippen molar-refractivity contribution in [3.8, 4) is 5.95 Å². The van der Waals surface area contributed by atoms with Crippen molar-refractivity contribution in [2.24, 2.45) is 0 Å². The van der Waals surface area contributed by atoms with Gasteiger partial charge in [0.25, 0.3) is 5.95 Å². The molecule has 3 aromatic rings. The number of carbonyl (C=O) groups is 1. The average molecular weight is 446 g/mol. The number of nitrogens with two attached hydrogens (primary N) is 1. The Labute approximate surface area is 172 Å². The molecule has 13 heteroatoms. The van der Waals surface area contributed by atoms with E-state index in [1.165, 1.54) is 9.36 Å². The number of thioether (sulfide) groups is 1. The first-order valence-electron chi connectivity index (χ1n) is 8.10. The van der Waals surface area contributed by atoms with E-state index in [1.807, 2.05) is 19.9 Å². The molecule has 0 bridgehead atoms. The third-order valence-electron chi connectivity index (χ3n) is 3.75. The molecule has 0 aliphatic carbocycles. The molecule has 3 rings (SSSR count). The predicted molar refractivity (Wildman–Crippen MR) is 103 cm³/mol. The van der Waals surface area contributed by atoms with E-state index in [1.54, 1.807) is 0 Å². The van der Waals surface area contributed by atoms with E-state index in [0.717, 1.165) is 41.3 Å². The molecule has 0 radical (unpaired) electrons. The van der Waals surface area contributed by atoms with E-state index in [0.29, 0.717) is 0 Å². The van der Waals surface area contributed by atoms with Crippen molar-refractivity contribution in [3.63, 3.8) is 0 Å². The number of rotatable bonds is 5. The molecule has 1 amide bonds. The van der Waals surface area contributed by atoms with E-state index >= 15 is 0 Å². The average Bonchev–Trinajstić information content (AvgIpc) is 3.15. The lowest BCUT2D eigenvalue weighted by Crippen LogP contribution is -2.19. The van der Waals surface area contributed by atoms with E-state index in [4.69, 9.17) is 17.4 Å². The van der Waals surface area contributed by atoms with Crippen LogP contribution >= 0.6 is 23.4 Å². The molecule has 8 nitrogen and oxygen atoms in total. The second kappa shape index (κ2) is 7.95. The Balaban J connectivity index is 1.69. The minimum atomic E-state index is -4.55. The van der Waals surface area contributed by atoms with Crippen LogP contribution in [0.5, 0.6) is 0 Å². The zero-order valence-electron chi connectivity index (χ0n) is 15.2. The van der Waals surface area contributed by atoms with Crippen molar-refractivity contribution in [2.45, 2.75) is 25.2 Å². The molecule has 2 aromatic heterocycles. The highest BCUT2D eigenvalue weighted by atomic mass is 35.5. The number of hydrogen-bond acceptors (Lipinski definition) is 6. The summed E-state index contributed by atoms with van der Waals surface area (Å²) in [5, 5.41) is 14.7. The molecule has 3 N–H and O–H groups in total. The first-order valence-corrected chi connectivity index (χ1v) is 9.46. The molecule has 29 heavy (non-hydrogen) atoms. The third kappa shape index (κ3) is 4.65. The Bertz CT molecular complexity index is 1060. The number of aromatic nitrogens is 5. The number of benzene rings is 1. The standard InChI is InChI=1S/C16H15ClF3N7OS/c1-8-5-9(2)27(25-8)14-23-24-15(26(14)21)29-7-13(28)22-12-6-10(16(18,19)20)3-4-11(12)17/h3-6H,7,21H2,1-2H3,(H,22,28). The number of aryl methyl sites for hydroxylation is 2. The minimum absolute atomic E-state index is 0.00912. The van der Waals surface area contributed by atoms with Crippen LogP contribution in [0.4, 0.5) is 18.9 Å². The summed E-state index contributed by atoms with van der Waals surface area (Å²) in [6, 6.07) is 4.53. The van der Waals surface area contributed by atoms with Gasteiger partial charge in [-0.1, -0.05) is 23.4 Å². The van der Waals surface area contributed by atoms with Gasteiger partial charge in [-0.05, 0) is 38.1 Å². The summed E-state index contributed by atoms with van der Waals surface area (Å²) in [7, 11) is 0. The van der Waals surface area contributed by atoms with Crippen LogP contribution in [-0.4, -0.2) is 36.3 Å². The van der Waals surface area contributed by atoms with E-state index < -0.39 is 17.6 Å². The van der Waals surface area contributed by atoms with Crippen molar-refractivity contribution in [1.29, 1.82) is 0 Å². The molecule has 0 aliphatic rings. The molecule has 0 unspecified atom stereocenters. The molecule has 0 spiro atoms. The molecular formula is C16H15ClF3N7OS. The monoisotopic (exact) mass is 445 g/mol. The second-order valence-corrected chi connectivity index (χ2v) is 7.37. The number of carbonyl (C=O) groups excluding carboxylic acids is 1. The van der Waals surface area contributed by atoms with Crippen LogP contribution in [0.3, 0.4) is 0 Å². The summed E-state index contributed by atoms with van der Waals surface area (Å²) in [6.07, 6.45) is -4.55. The molecule has 0 atom stereocenters. The lowest BCUT2D eigenvalue weighted by atomic mass is 10.2. The van der Waals surface area contributed by atoms with Gasteiger partial charge >= 0.3 is 6.18 Å². The predicted octanol–water partition coefficient (Wildman–Crippen LogP) is 3.20. The van der Waals surface area contributed by atoms with Gasteiger partial charge in [-0.25, -0.2) is 9.36 Å². The van der Waals surface area contributed by atoms with Gasteiger partial charge in [0, 0.05) is 5.69 Å². The summed E-state index contributed by atoms with van der Waals surface area (Å²) >= 11 is 6.84. The van der Waals surface area contributed by atoms with Crippen LogP contribution in [0.15, 0.2) is 29.4 Å². The number of nitrogen functional groups attached to an aromatic ring is 1. The maximum absolute atomic E-state index is 12.8. The maximum Gasteiger partial charge on any atom is 0.416 e. The van der Waals surface area contributed by atoms with E-state index in [2.05, 4.69) is 20.6 Å². The Hall–Kier alpha value is -2.73. The van der Waals surface area contributed by atoms with Crippen LogP contribution in [0.1, 0.15) is 17.0 Å². The summed E-state index contributed by atoms with van der Waals surface area (Å²) in [4.78, 5) is 12.2. The number of anilines is 1. The number of halogens is 4. The van der Waals surface area contributed by atoms with Gasteiger partial charge in [0.15, 0.2) is 0 Å². The fraction of sp³-hybridized carbons (Fsp3) is 0.250. The van der Waals surface area contributed by atoms with Crippen molar-refractivity contribution in [2.75, 3.05) is 16.9 Å². The van der Waals surface area contributed by atoms with Crippen LogP contribution in [-0.2, 0) is 11.0 Å². The molecule has 0 saturated heterocycles. The highest BCUT2D eigenvalue weighted by Gasteiger charge is 2.31. The molecule has 0 saturated carbocycles. The van der Waals surface area contributed by atoms with Gasteiger partial charge in [-0.2, -0.15) is 18.3 Å². The second-order valence-electron chi connectivity index (χ2n) is 6.02. The zero-order valence-corrected chi connectivity index (χ0v) is 16.7. The van der Waals surface area contributed by atoms with Crippen LogP contribution in [0, 0.1) is 13.8 Å². The first kappa shape index (κ1) is 21.0. The molecule has 0 aliphatic heterocycles. The minimum Gasteiger partial charge on any atom is -0.334 e. The Morgan fingerprint density at radius 2 is 2.00 bits per heavy atom. The van der Waals surface area contributed by atoms with E-state index in [9.17, 15) is 18.0 Å². The van der Waals surface area contributed by atoms with Gasteiger partial charge < -0.3 is 11.2 Å². The Kier molecular flexibility index (Phi) is 5.75. The van der Waals surface area contributed by atoms with Gasteiger partial charge in [-0.15, -0.1) is 10.2 Å². The summed E-state index contributed by atoms with van der Waals surface area (Å²) < 4.78 is 41.2. The van der Waals surface area contributed by atoms with Gasteiger partial charge in [0.05, 0.1) is 27.7 Å².